The minimum Gasteiger partial charge on any atom is -0.508 e. The van der Waals surface area contributed by atoms with Crippen LogP contribution in [0.4, 0.5) is 4.79 Å². The van der Waals surface area contributed by atoms with Crippen molar-refractivity contribution in [2.75, 3.05) is 0 Å². The lowest BCUT2D eigenvalue weighted by molar-refractivity contribution is 0.0508. The molecule has 0 aliphatic rings. The number of rotatable bonds is 3. The van der Waals surface area contributed by atoms with Crippen LogP contribution in [0.25, 0.3) is 0 Å². The second-order valence-electron chi connectivity index (χ2n) is 5.42. The van der Waals surface area contributed by atoms with Crippen LogP contribution in [0.3, 0.4) is 0 Å². The van der Waals surface area contributed by atoms with E-state index in [1.165, 1.54) is 0 Å². The summed E-state index contributed by atoms with van der Waals surface area (Å²) in [6, 6.07) is 6.92. The fourth-order valence-corrected chi connectivity index (χ4v) is 1.55. The van der Waals surface area contributed by atoms with Gasteiger partial charge in [-0.15, -0.1) is 0 Å². The van der Waals surface area contributed by atoms with Crippen molar-refractivity contribution >= 4 is 6.09 Å². The fourth-order valence-electron chi connectivity index (χ4n) is 1.55. The van der Waals surface area contributed by atoms with Gasteiger partial charge in [-0.1, -0.05) is 12.1 Å². The van der Waals surface area contributed by atoms with E-state index in [0.29, 0.717) is 6.42 Å². The third-order valence-electron chi connectivity index (χ3n) is 2.24. The summed E-state index contributed by atoms with van der Waals surface area (Å²) in [5, 5.41) is 11.9. The number of alkyl carbamates (subject to hydrolysis) is 1. The number of carbonyl (C=O) groups excluding carboxylic acids is 1. The summed E-state index contributed by atoms with van der Waals surface area (Å²) >= 11 is 0. The highest BCUT2D eigenvalue weighted by atomic mass is 16.6. The first-order valence-corrected chi connectivity index (χ1v) is 6.04. The standard InChI is InChI=1S/C14H21NO3/c1-10(15-13(17)18-14(2,3)4)9-11-5-7-12(16)8-6-11/h5-8,10,16H,9H2,1-4H3,(H,15,17)/t10-/m1/s1. The number of phenolic OH excluding ortho intramolecular Hbond substituents is 1. The van der Waals surface area contributed by atoms with Crippen LogP contribution in [0.15, 0.2) is 24.3 Å². The Hall–Kier alpha value is -1.71. The number of aromatic hydroxyl groups is 1. The van der Waals surface area contributed by atoms with Gasteiger partial charge in [0.1, 0.15) is 11.4 Å². The van der Waals surface area contributed by atoms with E-state index in [1.54, 1.807) is 12.1 Å². The maximum absolute atomic E-state index is 11.5. The molecule has 0 spiro atoms. The van der Waals surface area contributed by atoms with Crippen molar-refractivity contribution in [3.63, 3.8) is 0 Å². The van der Waals surface area contributed by atoms with Crippen molar-refractivity contribution in [3.8, 4) is 5.75 Å². The molecule has 1 rings (SSSR count). The van der Waals surface area contributed by atoms with Gasteiger partial charge in [-0.25, -0.2) is 4.79 Å². The zero-order chi connectivity index (χ0) is 13.8. The van der Waals surface area contributed by atoms with Gasteiger partial charge in [-0.05, 0) is 51.8 Å². The molecule has 0 radical (unpaired) electrons. The largest absolute Gasteiger partial charge is 0.508 e. The van der Waals surface area contributed by atoms with Gasteiger partial charge in [0.05, 0.1) is 0 Å². The topological polar surface area (TPSA) is 58.6 Å². The molecule has 0 fully saturated rings. The summed E-state index contributed by atoms with van der Waals surface area (Å²) in [7, 11) is 0. The van der Waals surface area contributed by atoms with Crippen molar-refractivity contribution in [1.29, 1.82) is 0 Å². The van der Waals surface area contributed by atoms with Gasteiger partial charge in [0.15, 0.2) is 0 Å². The molecule has 0 unspecified atom stereocenters. The number of nitrogens with one attached hydrogen (secondary N) is 1. The second-order valence-corrected chi connectivity index (χ2v) is 5.42. The summed E-state index contributed by atoms with van der Waals surface area (Å²) in [5.41, 5.74) is 0.568. The summed E-state index contributed by atoms with van der Waals surface area (Å²) in [6.07, 6.45) is 0.285. The van der Waals surface area contributed by atoms with Gasteiger partial charge in [0.2, 0.25) is 0 Å². The summed E-state index contributed by atoms with van der Waals surface area (Å²) in [4.78, 5) is 11.5. The van der Waals surface area contributed by atoms with Gasteiger partial charge in [0.25, 0.3) is 0 Å². The third kappa shape index (κ3) is 5.57. The number of carbonyl (C=O) groups is 1. The SMILES string of the molecule is C[C@H](Cc1ccc(O)cc1)NC(=O)OC(C)(C)C. The maximum Gasteiger partial charge on any atom is 0.407 e. The Labute approximate surface area is 108 Å². The number of hydrogen-bond acceptors (Lipinski definition) is 3. The Balaban J connectivity index is 2.44. The first-order valence-electron chi connectivity index (χ1n) is 6.04. The highest BCUT2D eigenvalue weighted by Gasteiger charge is 2.17. The Kier molecular flexibility index (Phi) is 4.59. The molecule has 100 valence electrons. The molecule has 4 nitrogen and oxygen atoms in total. The van der Waals surface area contributed by atoms with Crippen molar-refractivity contribution in [3.05, 3.63) is 29.8 Å². The monoisotopic (exact) mass is 251 g/mol. The lowest BCUT2D eigenvalue weighted by Crippen LogP contribution is -2.38. The minimum atomic E-state index is -0.484. The molecule has 0 aliphatic heterocycles. The maximum atomic E-state index is 11.5. The zero-order valence-corrected chi connectivity index (χ0v) is 11.4. The Morgan fingerprint density at radius 3 is 2.39 bits per heavy atom. The van der Waals surface area contributed by atoms with E-state index in [4.69, 9.17) is 4.74 Å². The molecule has 1 atom stereocenters. The Morgan fingerprint density at radius 1 is 1.33 bits per heavy atom. The van der Waals surface area contributed by atoms with Crippen LogP contribution in [0.2, 0.25) is 0 Å². The number of ether oxygens (including phenoxy) is 1. The molecule has 0 saturated heterocycles. The number of phenols is 1. The molecule has 2 N–H and O–H groups in total. The van der Waals surface area contributed by atoms with E-state index >= 15 is 0 Å². The average Bonchev–Trinajstić information content (AvgIpc) is 2.18. The van der Waals surface area contributed by atoms with Crippen molar-refractivity contribution in [1.82, 2.24) is 5.32 Å². The summed E-state index contributed by atoms with van der Waals surface area (Å²) in [5.74, 6) is 0.242. The first-order chi connectivity index (χ1) is 8.26. The predicted molar refractivity (Wildman–Crippen MR) is 70.6 cm³/mol. The summed E-state index contributed by atoms with van der Waals surface area (Å²) in [6.45, 7) is 7.41. The van der Waals surface area contributed by atoms with Gasteiger partial charge in [-0.3, -0.25) is 0 Å². The Morgan fingerprint density at radius 2 is 1.89 bits per heavy atom. The number of benzene rings is 1. The second kappa shape index (κ2) is 5.76. The van der Waals surface area contributed by atoms with Crippen molar-refractivity contribution in [2.24, 2.45) is 0 Å². The lowest BCUT2D eigenvalue weighted by atomic mass is 10.1. The molecule has 4 heteroatoms. The average molecular weight is 251 g/mol. The van der Waals surface area contributed by atoms with Crippen LogP contribution in [0.5, 0.6) is 5.75 Å². The van der Waals surface area contributed by atoms with E-state index in [2.05, 4.69) is 5.32 Å². The molecule has 1 aromatic rings. The van der Waals surface area contributed by atoms with E-state index in [-0.39, 0.29) is 11.8 Å². The highest BCUT2D eigenvalue weighted by Crippen LogP contribution is 2.12. The molecule has 1 amide bonds. The van der Waals surface area contributed by atoms with E-state index in [1.807, 2.05) is 39.8 Å². The van der Waals surface area contributed by atoms with Crippen molar-refractivity contribution in [2.45, 2.75) is 45.8 Å². The molecule has 0 heterocycles. The molecule has 0 bridgehead atoms. The number of hydrogen-bond donors (Lipinski definition) is 2. The molecule has 0 aromatic heterocycles. The smallest absolute Gasteiger partial charge is 0.407 e. The van der Waals surface area contributed by atoms with Crippen LogP contribution in [-0.4, -0.2) is 22.8 Å². The predicted octanol–water partition coefficient (Wildman–Crippen LogP) is 2.85. The van der Waals surface area contributed by atoms with Crippen LogP contribution < -0.4 is 5.32 Å². The molecule has 18 heavy (non-hydrogen) atoms. The van der Waals surface area contributed by atoms with Crippen LogP contribution in [0, 0.1) is 0 Å². The molecular formula is C14H21NO3. The first kappa shape index (κ1) is 14.4. The number of amides is 1. The fraction of sp³-hybridized carbons (Fsp3) is 0.500. The van der Waals surface area contributed by atoms with E-state index < -0.39 is 11.7 Å². The van der Waals surface area contributed by atoms with E-state index in [0.717, 1.165) is 5.56 Å². The minimum absolute atomic E-state index is 0.0237. The van der Waals surface area contributed by atoms with Gasteiger partial charge >= 0.3 is 6.09 Å². The van der Waals surface area contributed by atoms with Crippen LogP contribution in [-0.2, 0) is 11.2 Å². The Bertz CT molecular complexity index is 392. The summed E-state index contributed by atoms with van der Waals surface area (Å²) < 4.78 is 5.18. The van der Waals surface area contributed by atoms with Crippen molar-refractivity contribution < 1.29 is 14.6 Å². The third-order valence-corrected chi connectivity index (χ3v) is 2.24. The lowest BCUT2D eigenvalue weighted by Gasteiger charge is -2.22. The van der Waals surface area contributed by atoms with Gasteiger partial charge in [0, 0.05) is 6.04 Å². The molecule has 0 aliphatic carbocycles. The molecular weight excluding hydrogens is 230 g/mol. The zero-order valence-electron chi connectivity index (χ0n) is 11.4. The highest BCUT2D eigenvalue weighted by molar-refractivity contribution is 5.68. The van der Waals surface area contributed by atoms with E-state index in [9.17, 15) is 9.90 Å². The normalized spacial score (nSPS) is 12.9. The van der Waals surface area contributed by atoms with Crippen LogP contribution in [0.1, 0.15) is 33.3 Å². The van der Waals surface area contributed by atoms with Gasteiger partial charge < -0.3 is 15.2 Å². The molecule has 1 aromatic carbocycles. The molecule has 0 saturated carbocycles. The van der Waals surface area contributed by atoms with Gasteiger partial charge in [-0.2, -0.15) is 0 Å². The quantitative estimate of drug-likeness (QED) is 0.868. The van der Waals surface area contributed by atoms with Crippen LogP contribution >= 0.6 is 0 Å².